The monoisotopic (exact) mass is 328 g/mol. The second-order valence-electron chi connectivity index (χ2n) is 7.50. The van der Waals surface area contributed by atoms with Crippen LogP contribution in [0.15, 0.2) is 11.6 Å². The van der Waals surface area contributed by atoms with Gasteiger partial charge in [-0.2, -0.15) is 0 Å². The third-order valence-corrected chi connectivity index (χ3v) is 6.62. The van der Waals surface area contributed by atoms with Crippen LogP contribution >= 0.6 is 0 Å². The summed E-state index contributed by atoms with van der Waals surface area (Å²) >= 11 is 0. The van der Waals surface area contributed by atoms with E-state index in [1.54, 1.807) is 6.08 Å². The summed E-state index contributed by atoms with van der Waals surface area (Å²) in [4.78, 5) is 16.4. The van der Waals surface area contributed by atoms with E-state index >= 15 is 0 Å². The van der Waals surface area contributed by atoms with Gasteiger partial charge in [-0.25, -0.2) is 8.42 Å². The van der Waals surface area contributed by atoms with Gasteiger partial charge in [0, 0.05) is 38.3 Å². The first-order valence-corrected chi connectivity index (χ1v) is 9.83. The molecule has 126 valence electrons. The first-order valence-electron chi connectivity index (χ1n) is 8.01. The maximum absolute atomic E-state index is 12.3. The average molecular weight is 328 g/mol. The Balaban J connectivity index is 1.89. The average Bonchev–Trinajstić information content (AvgIpc) is 2.78. The van der Waals surface area contributed by atoms with Crippen molar-refractivity contribution in [3.63, 3.8) is 0 Å². The fourth-order valence-corrected chi connectivity index (χ4v) is 4.63. The summed E-state index contributed by atoms with van der Waals surface area (Å²) in [6, 6.07) is 0.147. The topological polar surface area (TPSA) is 57.7 Å². The third-order valence-electron chi connectivity index (χ3n) is 4.87. The highest BCUT2D eigenvalue weighted by molar-refractivity contribution is 7.91. The van der Waals surface area contributed by atoms with Gasteiger partial charge in [-0.05, 0) is 18.8 Å². The molecule has 0 aromatic rings. The van der Waals surface area contributed by atoms with Crippen LogP contribution in [0.3, 0.4) is 0 Å². The highest BCUT2D eigenvalue weighted by Gasteiger charge is 2.34. The molecule has 2 fully saturated rings. The van der Waals surface area contributed by atoms with E-state index in [1.165, 1.54) is 0 Å². The molecule has 0 N–H and O–H groups in total. The lowest BCUT2D eigenvalue weighted by Gasteiger charge is -2.37. The van der Waals surface area contributed by atoms with Crippen molar-refractivity contribution in [3.8, 4) is 0 Å². The quantitative estimate of drug-likeness (QED) is 0.717. The molecule has 1 atom stereocenters. The number of sulfone groups is 1. The van der Waals surface area contributed by atoms with Crippen molar-refractivity contribution < 1.29 is 13.2 Å². The van der Waals surface area contributed by atoms with Crippen molar-refractivity contribution in [1.29, 1.82) is 0 Å². The number of carbonyl (C=O) groups is 1. The molecule has 2 heterocycles. The number of carbonyl (C=O) groups excluding carboxylic acids is 1. The molecule has 2 aliphatic heterocycles. The summed E-state index contributed by atoms with van der Waals surface area (Å²) < 4.78 is 23.1. The van der Waals surface area contributed by atoms with Gasteiger partial charge in [0.05, 0.1) is 11.5 Å². The number of rotatable bonds is 2. The maximum Gasteiger partial charge on any atom is 0.246 e. The van der Waals surface area contributed by atoms with Gasteiger partial charge in [0.25, 0.3) is 0 Å². The van der Waals surface area contributed by atoms with E-state index in [1.807, 2.05) is 11.8 Å². The van der Waals surface area contributed by atoms with E-state index in [2.05, 4.69) is 25.7 Å². The van der Waals surface area contributed by atoms with Crippen LogP contribution in [0, 0.1) is 5.41 Å². The Hall–Kier alpha value is -0.880. The van der Waals surface area contributed by atoms with Gasteiger partial charge in [-0.1, -0.05) is 26.3 Å². The molecule has 5 nitrogen and oxygen atoms in total. The van der Waals surface area contributed by atoms with E-state index in [0.29, 0.717) is 18.8 Å². The van der Waals surface area contributed by atoms with Crippen molar-refractivity contribution >= 4 is 15.7 Å². The molecule has 0 radical (unpaired) electrons. The molecule has 2 aliphatic rings. The van der Waals surface area contributed by atoms with Crippen LogP contribution in [0.25, 0.3) is 0 Å². The number of allylic oxidation sites excluding steroid dienone is 1. The minimum absolute atomic E-state index is 0.00961. The lowest BCUT2D eigenvalue weighted by atomic mass is 9.87. The minimum Gasteiger partial charge on any atom is -0.337 e. The molecule has 2 saturated heterocycles. The predicted octanol–water partition coefficient (Wildman–Crippen LogP) is 1.31. The van der Waals surface area contributed by atoms with E-state index in [9.17, 15) is 13.2 Å². The molecular weight excluding hydrogens is 300 g/mol. The van der Waals surface area contributed by atoms with Crippen molar-refractivity contribution in [2.24, 2.45) is 5.41 Å². The smallest absolute Gasteiger partial charge is 0.246 e. The van der Waals surface area contributed by atoms with Gasteiger partial charge in [0.2, 0.25) is 5.91 Å². The molecule has 0 aliphatic carbocycles. The molecule has 0 unspecified atom stereocenters. The first-order chi connectivity index (χ1) is 10.1. The summed E-state index contributed by atoms with van der Waals surface area (Å²) in [5.74, 6) is 0.667. The molecule has 2 rings (SSSR count). The highest BCUT2D eigenvalue weighted by Crippen LogP contribution is 2.24. The number of nitrogens with zero attached hydrogens (tertiary/aromatic N) is 2. The third kappa shape index (κ3) is 4.32. The van der Waals surface area contributed by atoms with Gasteiger partial charge < -0.3 is 4.90 Å². The number of hydrogen-bond acceptors (Lipinski definition) is 4. The standard InChI is InChI=1S/C16H28N2O3S/c1-13(16(2,3)4)11-15(19)18-8-6-17(7-9-18)14-5-10-22(20,21)12-14/h11,14H,5-10,12H2,1-4H3/b13-11+/t14-/m0/s1. The Kier molecular flexibility index (Phi) is 5.02. The molecule has 22 heavy (non-hydrogen) atoms. The van der Waals surface area contributed by atoms with Crippen molar-refractivity contribution in [2.45, 2.75) is 40.2 Å². The van der Waals surface area contributed by atoms with Crippen molar-refractivity contribution in [2.75, 3.05) is 37.7 Å². The molecule has 0 aromatic carbocycles. The summed E-state index contributed by atoms with van der Waals surface area (Å²) in [5, 5.41) is 0. The minimum atomic E-state index is -2.84. The molecular formula is C16H28N2O3S. The summed E-state index contributed by atoms with van der Waals surface area (Å²) in [5.41, 5.74) is 1.09. The summed E-state index contributed by atoms with van der Waals surface area (Å²) in [6.07, 6.45) is 2.48. The predicted molar refractivity (Wildman–Crippen MR) is 88.4 cm³/mol. The van der Waals surface area contributed by atoms with E-state index in [4.69, 9.17) is 0 Å². The molecule has 6 heteroatoms. The van der Waals surface area contributed by atoms with Crippen LogP contribution in [0.5, 0.6) is 0 Å². The Morgan fingerprint density at radius 3 is 2.18 bits per heavy atom. The Labute approximate surface area is 134 Å². The lowest BCUT2D eigenvalue weighted by Crippen LogP contribution is -2.52. The largest absolute Gasteiger partial charge is 0.337 e. The first kappa shape index (κ1) is 17.5. The number of piperazine rings is 1. The van der Waals surface area contributed by atoms with Gasteiger partial charge in [-0.15, -0.1) is 0 Å². The van der Waals surface area contributed by atoms with Gasteiger partial charge in [0.15, 0.2) is 9.84 Å². The second kappa shape index (κ2) is 6.32. The maximum atomic E-state index is 12.3. The normalized spacial score (nSPS) is 27.2. The second-order valence-corrected chi connectivity index (χ2v) is 9.72. The SMILES string of the molecule is C/C(=C\C(=O)N1CCN([C@H]2CCS(=O)(=O)C2)CC1)C(C)(C)C. The van der Waals surface area contributed by atoms with Crippen molar-refractivity contribution in [3.05, 3.63) is 11.6 Å². The zero-order valence-electron chi connectivity index (χ0n) is 14.1. The van der Waals surface area contributed by atoms with E-state index in [0.717, 1.165) is 25.1 Å². The van der Waals surface area contributed by atoms with Gasteiger partial charge >= 0.3 is 0 Å². The van der Waals surface area contributed by atoms with E-state index in [-0.39, 0.29) is 23.1 Å². The molecule has 0 aromatic heterocycles. The van der Waals surface area contributed by atoms with Crippen LogP contribution in [0.4, 0.5) is 0 Å². The summed E-state index contributed by atoms with van der Waals surface area (Å²) in [7, 11) is -2.84. The van der Waals surface area contributed by atoms with Crippen LogP contribution in [-0.2, 0) is 14.6 Å². The Morgan fingerprint density at radius 1 is 1.14 bits per heavy atom. The zero-order chi connectivity index (χ0) is 16.5. The molecule has 0 spiro atoms. The molecule has 1 amide bonds. The van der Waals surface area contributed by atoms with Crippen LogP contribution < -0.4 is 0 Å². The number of amides is 1. The highest BCUT2D eigenvalue weighted by atomic mass is 32.2. The van der Waals surface area contributed by atoms with Crippen LogP contribution in [0.2, 0.25) is 0 Å². The van der Waals surface area contributed by atoms with Gasteiger partial charge in [0.1, 0.15) is 0 Å². The van der Waals surface area contributed by atoms with E-state index < -0.39 is 9.84 Å². The molecule has 0 bridgehead atoms. The zero-order valence-corrected chi connectivity index (χ0v) is 14.9. The van der Waals surface area contributed by atoms with Crippen molar-refractivity contribution in [1.82, 2.24) is 9.80 Å². The fraction of sp³-hybridized carbons (Fsp3) is 0.812. The van der Waals surface area contributed by atoms with Crippen LogP contribution in [-0.4, -0.2) is 67.9 Å². The fourth-order valence-electron chi connectivity index (χ4n) is 2.86. The van der Waals surface area contributed by atoms with Gasteiger partial charge in [-0.3, -0.25) is 9.69 Å². The number of hydrogen-bond donors (Lipinski definition) is 0. The Morgan fingerprint density at radius 2 is 1.73 bits per heavy atom. The van der Waals surface area contributed by atoms with Crippen LogP contribution in [0.1, 0.15) is 34.1 Å². The molecule has 0 saturated carbocycles. The Bertz CT molecular complexity index is 552. The lowest BCUT2D eigenvalue weighted by molar-refractivity contribution is -0.128. The summed E-state index contributed by atoms with van der Waals surface area (Å²) in [6.45, 7) is 11.2.